The van der Waals surface area contributed by atoms with E-state index in [1.54, 1.807) is 12.1 Å². The number of carbonyl (C=O) groups excluding carboxylic acids is 1. The van der Waals surface area contributed by atoms with Gasteiger partial charge in [0.25, 0.3) is 0 Å². The maximum Gasteiger partial charge on any atom is 0.449 e. The minimum Gasteiger partial charge on any atom is -0.422 e. The van der Waals surface area contributed by atoms with Crippen LogP contribution in [0, 0.1) is 0 Å². The van der Waals surface area contributed by atoms with Crippen LogP contribution in [0.4, 0.5) is 13.2 Å². The van der Waals surface area contributed by atoms with Gasteiger partial charge < -0.3 is 4.74 Å². The Morgan fingerprint density at radius 3 is 2.20 bits per heavy atom. The second kappa shape index (κ2) is 6.59. The van der Waals surface area contributed by atoms with Crippen molar-refractivity contribution in [3.8, 4) is 0 Å². The monoisotopic (exact) mass is 286 g/mol. The van der Waals surface area contributed by atoms with E-state index in [0.717, 1.165) is 24.1 Å². The van der Waals surface area contributed by atoms with Gasteiger partial charge in [0.05, 0.1) is 0 Å². The van der Waals surface area contributed by atoms with E-state index in [4.69, 9.17) is 0 Å². The molecule has 1 rings (SSSR count). The third-order valence-electron chi connectivity index (χ3n) is 2.70. The van der Waals surface area contributed by atoms with Crippen LogP contribution >= 0.6 is 0 Å². The zero-order valence-corrected chi connectivity index (χ0v) is 11.6. The van der Waals surface area contributed by atoms with E-state index in [0.29, 0.717) is 5.92 Å². The molecule has 0 N–H and O–H groups in total. The van der Waals surface area contributed by atoms with Crippen LogP contribution in [0.3, 0.4) is 0 Å². The summed E-state index contributed by atoms with van der Waals surface area (Å²) in [6.45, 7) is 5.02. The number of halogens is 3. The third-order valence-corrected chi connectivity index (χ3v) is 2.70. The molecule has 110 valence electrons. The quantitative estimate of drug-likeness (QED) is 0.607. The summed E-state index contributed by atoms with van der Waals surface area (Å²) in [4.78, 5) is 10.7. The lowest BCUT2D eigenvalue weighted by Gasteiger charge is -2.11. The van der Waals surface area contributed by atoms with E-state index in [-0.39, 0.29) is 6.42 Å². The summed E-state index contributed by atoms with van der Waals surface area (Å²) in [6, 6.07) is 7.31. The molecule has 20 heavy (non-hydrogen) atoms. The van der Waals surface area contributed by atoms with Crippen LogP contribution in [0.1, 0.15) is 37.8 Å². The molecule has 0 atom stereocenters. The minimum atomic E-state index is -4.66. The minimum absolute atomic E-state index is 0.0561. The van der Waals surface area contributed by atoms with Crippen molar-refractivity contribution < 1.29 is 22.7 Å². The van der Waals surface area contributed by atoms with Crippen molar-refractivity contribution in [1.82, 2.24) is 0 Å². The molecule has 0 saturated heterocycles. The van der Waals surface area contributed by atoms with Crippen molar-refractivity contribution in [2.45, 2.75) is 39.3 Å². The first-order valence-corrected chi connectivity index (χ1v) is 6.24. The first-order chi connectivity index (χ1) is 9.20. The zero-order valence-electron chi connectivity index (χ0n) is 11.6. The van der Waals surface area contributed by atoms with Gasteiger partial charge in [-0.2, -0.15) is 13.2 Å². The fraction of sp³-hybridized carbons (Fsp3) is 0.400. The van der Waals surface area contributed by atoms with Gasteiger partial charge in [-0.1, -0.05) is 38.1 Å². The summed E-state index contributed by atoms with van der Waals surface area (Å²) in [5, 5.41) is 0. The summed E-state index contributed by atoms with van der Waals surface area (Å²) in [7, 11) is 0. The van der Waals surface area contributed by atoms with Crippen molar-refractivity contribution in [2.24, 2.45) is 0 Å². The average molecular weight is 286 g/mol. The number of hydrogen-bond acceptors (Lipinski definition) is 2. The fourth-order valence-corrected chi connectivity index (χ4v) is 1.62. The van der Waals surface area contributed by atoms with Gasteiger partial charge in [-0.15, -0.1) is 0 Å². The lowest BCUT2D eigenvalue weighted by molar-refractivity contribution is -0.158. The van der Waals surface area contributed by atoms with Gasteiger partial charge in [-0.05, 0) is 29.5 Å². The maximum atomic E-state index is 12.6. The van der Waals surface area contributed by atoms with Crippen molar-refractivity contribution in [3.63, 3.8) is 0 Å². The molecular weight excluding hydrogens is 269 g/mol. The number of esters is 1. The van der Waals surface area contributed by atoms with Gasteiger partial charge in [0.2, 0.25) is 5.76 Å². The van der Waals surface area contributed by atoms with Crippen LogP contribution in [0.25, 0.3) is 0 Å². The molecule has 0 saturated carbocycles. The van der Waals surface area contributed by atoms with Gasteiger partial charge in [0, 0.05) is 6.92 Å². The first-order valence-electron chi connectivity index (χ1n) is 6.24. The Hall–Kier alpha value is -1.78. The molecule has 0 amide bonds. The third kappa shape index (κ3) is 5.07. The Balaban J connectivity index is 2.84. The Bertz CT molecular complexity index is 485. The molecule has 1 aromatic carbocycles. The number of ether oxygens (including phenoxy) is 1. The van der Waals surface area contributed by atoms with Crippen LogP contribution in [0.2, 0.25) is 0 Å². The van der Waals surface area contributed by atoms with E-state index in [1.807, 2.05) is 26.0 Å². The largest absolute Gasteiger partial charge is 0.449 e. The van der Waals surface area contributed by atoms with Gasteiger partial charge in [-0.3, -0.25) is 4.79 Å². The van der Waals surface area contributed by atoms with Gasteiger partial charge in [0.15, 0.2) is 0 Å². The van der Waals surface area contributed by atoms with Crippen LogP contribution < -0.4 is 0 Å². The molecule has 0 aromatic heterocycles. The second-order valence-electron chi connectivity index (χ2n) is 4.76. The molecule has 0 spiro atoms. The summed E-state index contributed by atoms with van der Waals surface area (Å²) in [5.74, 6) is -1.88. The van der Waals surface area contributed by atoms with E-state index in [2.05, 4.69) is 4.74 Å². The lowest BCUT2D eigenvalue weighted by atomic mass is 10.0. The normalized spacial score (nSPS) is 12.7. The van der Waals surface area contributed by atoms with Crippen LogP contribution in [0.5, 0.6) is 0 Å². The van der Waals surface area contributed by atoms with Gasteiger partial charge >= 0.3 is 12.1 Å². The molecule has 0 radical (unpaired) electrons. The van der Waals surface area contributed by atoms with E-state index in [1.165, 1.54) is 0 Å². The first kappa shape index (κ1) is 16.3. The zero-order chi connectivity index (χ0) is 15.3. The number of hydrogen-bond donors (Lipinski definition) is 0. The van der Waals surface area contributed by atoms with Crippen molar-refractivity contribution in [2.75, 3.05) is 0 Å². The van der Waals surface area contributed by atoms with Crippen LogP contribution in [-0.4, -0.2) is 12.1 Å². The highest BCUT2D eigenvalue weighted by Gasteiger charge is 2.36. The Kier molecular flexibility index (Phi) is 5.36. The molecule has 0 unspecified atom stereocenters. The van der Waals surface area contributed by atoms with Gasteiger partial charge in [-0.25, -0.2) is 0 Å². The standard InChI is InChI=1S/C15H17F3O2/c1-10(2)13-7-4-12(5-8-13)6-9-14(15(16,17)18)20-11(3)19/h4-5,7-10H,6H2,1-3H3. The SMILES string of the molecule is CC(=O)OC(=CCc1ccc(C(C)C)cc1)C(F)(F)F. The average Bonchev–Trinajstić information content (AvgIpc) is 2.33. The Morgan fingerprint density at radius 1 is 1.25 bits per heavy atom. The number of rotatable bonds is 4. The number of benzene rings is 1. The highest BCUT2D eigenvalue weighted by molar-refractivity contribution is 5.67. The summed E-state index contributed by atoms with van der Waals surface area (Å²) in [6.07, 6.45) is -3.73. The second-order valence-corrected chi connectivity index (χ2v) is 4.76. The molecule has 0 aliphatic carbocycles. The molecule has 2 nitrogen and oxygen atoms in total. The summed E-state index contributed by atoms with van der Waals surface area (Å²) < 4.78 is 42.0. The van der Waals surface area contributed by atoms with Crippen LogP contribution in [-0.2, 0) is 16.0 Å². The maximum absolute atomic E-state index is 12.6. The smallest absolute Gasteiger partial charge is 0.422 e. The number of allylic oxidation sites excluding steroid dienone is 2. The fourth-order valence-electron chi connectivity index (χ4n) is 1.62. The molecule has 0 bridgehead atoms. The number of carbonyl (C=O) groups is 1. The van der Waals surface area contributed by atoms with Crippen molar-refractivity contribution >= 4 is 5.97 Å². The molecule has 1 aromatic rings. The number of alkyl halides is 3. The Morgan fingerprint density at radius 2 is 1.80 bits per heavy atom. The molecule has 5 heteroatoms. The Labute approximate surface area is 116 Å². The van der Waals surface area contributed by atoms with Crippen molar-refractivity contribution in [3.05, 3.63) is 47.2 Å². The van der Waals surface area contributed by atoms with E-state index < -0.39 is 17.9 Å². The summed E-state index contributed by atoms with van der Waals surface area (Å²) in [5.41, 5.74) is 1.84. The topological polar surface area (TPSA) is 26.3 Å². The molecular formula is C15H17F3O2. The van der Waals surface area contributed by atoms with Gasteiger partial charge in [0.1, 0.15) is 0 Å². The predicted octanol–water partition coefficient (Wildman–Crippen LogP) is 4.36. The highest BCUT2D eigenvalue weighted by Crippen LogP contribution is 2.27. The predicted molar refractivity (Wildman–Crippen MR) is 70.1 cm³/mol. The molecule has 0 heterocycles. The summed E-state index contributed by atoms with van der Waals surface area (Å²) >= 11 is 0. The molecule has 0 fully saturated rings. The van der Waals surface area contributed by atoms with E-state index >= 15 is 0 Å². The molecule has 0 aliphatic rings. The lowest BCUT2D eigenvalue weighted by Crippen LogP contribution is -2.17. The molecule has 0 aliphatic heterocycles. The van der Waals surface area contributed by atoms with Crippen molar-refractivity contribution in [1.29, 1.82) is 0 Å². The highest BCUT2D eigenvalue weighted by atomic mass is 19.4. The van der Waals surface area contributed by atoms with Crippen LogP contribution in [0.15, 0.2) is 36.1 Å². The van der Waals surface area contributed by atoms with E-state index in [9.17, 15) is 18.0 Å².